The van der Waals surface area contributed by atoms with Crippen molar-refractivity contribution in [3.05, 3.63) is 15.4 Å². The van der Waals surface area contributed by atoms with Crippen molar-refractivity contribution in [2.75, 3.05) is 13.7 Å². The van der Waals surface area contributed by atoms with Crippen LogP contribution in [-0.4, -0.2) is 24.9 Å². The van der Waals surface area contributed by atoms with Crippen LogP contribution >= 0.6 is 27.3 Å². The van der Waals surface area contributed by atoms with Crippen LogP contribution in [0.2, 0.25) is 0 Å². The number of hydrogen-bond donors (Lipinski definition) is 2. The molecule has 0 saturated heterocycles. The number of methoxy groups -OCH3 is 1. The molecule has 3 nitrogen and oxygen atoms in total. The van der Waals surface area contributed by atoms with Gasteiger partial charge in [0.2, 0.25) is 0 Å². The molecule has 0 amide bonds. The van der Waals surface area contributed by atoms with Crippen LogP contribution in [0.3, 0.4) is 0 Å². The number of halogens is 1. The van der Waals surface area contributed by atoms with Crippen LogP contribution in [0.5, 0.6) is 5.06 Å². The van der Waals surface area contributed by atoms with Gasteiger partial charge in [-0.2, -0.15) is 0 Å². The second kappa shape index (κ2) is 7.36. The lowest BCUT2D eigenvalue weighted by Crippen LogP contribution is -2.30. The maximum Gasteiger partial charge on any atom is 0.188 e. The molecule has 0 spiro atoms. The van der Waals surface area contributed by atoms with Gasteiger partial charge in [-0.1, -0.05) is 20.3 Å². The normalized spacial score (nSPS) is 14.6. The highest BCUT2D eigenvalue weighted by atomic mass is 79.9. The number of aliphatic hydroxyl groups excluding tert-OH is 1. The van der Waals surface area contributed by atoms with E-state index in [2.05, 4.69) is 35.1 Å². The molecule has 0 saturated carbocycles. The van der Waals surface area contributed by atoms with E-state index in [1.807, 2.05) is 6.07 Å². The molecule has 1 aromatic rings. The van der Waals surface area contributed by atoms with Crippen molar-refractivity contribution in [1.29, 1.82) is 0 Å². The zero-order chi connectivity index (χ0) is 12.8. The van der Waals surface area contributed by atoms with Gasteiger partial charge in [0.15, 0.2) is 5.06 Å². The Morgan fingerprint density at radius 3 is 2.82 bits per heavy atom. The number of nitrogens with one attached hydrogen (secondary N) is 1. The van der Waals surface area contributed by atoms with E-state index < -0.39 is 0 Å². The molecule has 0 radical (unpaired) electrons. The zero-order valence-corrected chi connectivity index (χ0v) is 12.9. The summed E-state index contributed by atoms with van der Waals surface area (Å²) in [7, 11) is 1.67. The third-order valence-corrected chi connectivity index (χ3v) is 4.79. The minimum Gasteiger partial charge on any atom is -0.486 e. The number of hydrogen-bond acceptors (Lipinski definition) is 4. The molecule has 0 fully saturated rings. The average Bonchev–Trinajstić information content (AvgIpc) is 2.68. The molecule has 0 aliphatic carbocycles. The number of rotatable bonds is 7. The fourth-order valence-corrected chi connectivity index (χ4v) is 3.10. The first-order valence-electron chi connectivity index (χ1n) is 5.79. The highest BCUT2D eigenvalue weighted by Gasteiger charge is 2.12. The van der Waals surface area contributed by atoms with Gasteiger partial charge in [0.1, 0.15) is 0 Å². The Kier molecular flexibility index (Phi) is 6.48. The van der Waals surface area contributed by atoms with E-state index in [1.165, 1.54) is 4.88 Å². The predicted octanol–water partition coefficient (Wildman–Crippen LogP) is 3.02. The van der Waals surface area contributed by atoms with Crippen LogP contribution in [0.1, 0.15) is 25.1 Å². The minimum absolute atomic E-state index is 0.273. The molecule has 0 aromatic carbocycles. The molecular weight excluding hydrogens is 302 g/mol. The molecule has 2 atom stereocenters. The number of aliphatic hydroxyl groups is 1. The second-order valence-corrected chi connectivity index (χ2v) is 6.09. The Hall–Kier alpha value is -0.100. The van der Waals surface area contributed by atoms with E-state index >= 15 is 0 Å². The van der Waals surface area contributed by atoms with Gasteiger partial charge in [0.05, 0.1) is 17.7 Å². The van der Waals surface area contributed by atoms with Gasteiger partial charge >= 0.3 is 0 Å². The Morgan fingerprint density at radius 1 is 1.59 bits per heavy atom. The van der Waals surface area contributed by atoms with Crippen LogP contribution in [0.15, 0.2) is 10.5 Å². The second-order valence-electron chi connectivity index (χ2n) is 4.14. The van der Waals surface area contributed by atoms with Crippen LogP contribution in [0.25, 0.3) is 0 Å². The summed E-state index contributed by atoms with van der Waals surface area (Å²) in [6.45, 7) is 5.55. The largest absolute Gasteiger partial charge is 0.486 e. The fourth-order valence-electron chi connectivity index (χ4n) is 1.44. The highest BCUT2D eigenvalue weighted by Crippen LogP contribution is 2.34. The molecule has 98 valence electrons. The van der Waals surface area contributed by atoms with Gasteiger partial charge in [-0.05, 0) is 27.9 Å². The first-order valence-corrected chi connectivity index (χ1v) is 7.40. The summed E-state index contributed by atoms with van der Waals surface area (Å²) >= 11 is 5.05. The average molecular weight is 322 g/mol. The van der Waals surface area contributed by atoms with Crippen molar-refractivity contribution in [3.63, 3.8) is 0 Å². The van der Waals surface area contributed by atoms with E-state index in [1.54, 1.807) is 18.4 Å². The van der Waals surface area contributed by atoms with Crippen molar-refractivity contribution in [2.45, 2.75) is 32.9 Å². The summed E-state index contributed by atoms with van der Waals surface area (Å²) < 4.78 is 6.19. The van der Waals surface area contributed by atoms with Gasteiger partial charge < -0.3 is 15.2 Å². The first kappa shape index (κ1) is 15.0. The summed E-state index contributed by atoms with van der Waals surface area (Å²) in [6, 6.07) is 2.05. The van der Waals surface area contributed by atoms with E-state index in [9.17, 15) is 5.11 Å². The van der Waals surface area contributed by atoms with E-state index in [4.69, 9.17) is 4.74 Å². The van der Waals surface area contributed by atoms with Crippen LogP contribution in [-0.2, 0) is 6.54 Å². The van der Waals surface area contributed by atoms with Gasteiger partial charge in [-0.15, -0.1) is 11.3 Å². The third-order valence-electron chi connectivity index (χ3n) is 2.85. The number of ether oxygens (including phenoxy) is 1. The molecule has 2 unspecified atom stereocenters. The van der Waals surface area contributed by atoms with Gasteiger partial charge in [-0.25, -0.2) is 0 Å². The maximum atomic E-state index is 9.81. The maximum absolute atomic E-state index is 9.81. The molecular formula is C12H20BrNO2S. The Balaban J connectivity index is 2.35. The van der Waals surface area contributed by atoms with Crippen molar-refractivity contribution in [1.82, 2.24) is 5.32 Å². The summed E-state index contributed by atoms with van der Waals surface area (Å²) in [5.41, 5.74) is 0. The van der Waals surface area contributed by atoms with Crippen molar-refractivity contribution in [2.24, 2.45) is 5.92 Å². The fraction of sp³-hybridized carbons (Fsp3) is 0.667. The Labute approximate surface area is 115 Å². The molecule has 5 heteroatoms. The topological polar surface area (TPSA) is 41.5 Å². The predicted molar refractivity (Wildman–Crippen MR) is 75.7 cm³/mol. The third kappa shape index (κ3) is 4.58. The van der Waals surface area contributed by atoms with Crippen LogP contribution in [0, 0.1) is 5.92 Å². The number of thiophene rings is 1. The lowest BCUT2D eigenvalue weighted by atomic mass is 10.0. The summed E-state index contributed by atoms with van der Waals surface area (Å²) in [6.07, 6.45) is 0.728. The van der Waals surface area contributed by atoms with Gasteiger partial charge in [-0.3, -0.25) is 0 Å². The molecule has 17 heavy (non-hydrogen) atoms. The van der Waals surface area contributed by atoms with Gasteiger partial charge in [0, 0.05) is 18.0 Å². The lowest BCUT2D eigenvalue weighted by molar-refractivity contribution is 0.113. The minimum atomic E-state index is -0.273. The standard InChI is InChI=1S/C12H20BrNO2S/c1-4-8(2)11(15)7-14-6-9-5-10(13)12(16-3)17-9/h5,8,11,14-15H,4,6-7H2,1-3H3. The molecule has 0 aliphatic heterocycles. The van der Waals surface area contributed by atoms with Crippen molar-refractivity contribution < 1.29 is 9.84 Å². The smallest absolute Gasteiger partial charge is 0.188 e. The van der Waals surface area contributed by atoms with E-state index in [-0.39, 0.29) is 6.10 Å². The molecule has 0 aliphatic rings. The summed E-state index contributed by atoms with van der Waals surface area (Å²) in [5, 5.41) is 14.0. The zero-order valence-electron chi connectivity index (χ0n) is 10.5. The van der Waals surface area contributed by atoms with Crippen molar-refractivity contribution in [3.8, 4) is 5.06 Å². The lowest BCUT2D eigenvalue weighted by Gasteiger charge is -2.17. The van der Waals surface area contributed by atoms with E-state index in [0.717, 1.165) is 22.5 Å². The monoisotopic (exact) mass is 321 g/mol. The molecule has 1 aromatic heterocycles. The van der Waals surface area contributed by atoms with E-state index in [0.29, 0.717) is 12.5 Å². The first-order chi connectivity index (χ1) is 8.08. The van der Waals surface area contributed by atoms with Crippen LogP contribution in [0.4, 0.5) is 0 Å². The SMILES string of the molecule is CCC(C)C(O)CNCc1cc(Br)c(OC)s1. The highest BCUT2D eigenvalue weighted by molar-refractivity contribution is 9.10. The van der Waals surface area contributed by atoms with Crippen molar-refractivity contribution >= 4 is 27.3 Å². The Morgan fingerprint density at radius 2 is 2.29 bits per heavy atom. The molecule has 2 N–H and O–H groups in total. The molecule has 1 rings (SSSR count). The van der Waals surface area contributed by atoms with Gasteiger partial charge in [0.25, 0.3) is 0 Å². The van der Waals surface area contributed by atoms with Crippen LogP contribution < -0.4 is 10.1 Å². The quantitative estimate of drug-likeness (QED) is 0.811. The summed E-state index contributed by atoms with van der Waals surface area (Å²) in [4.78, 5) is 1.20. The molecule has 1 heterocycles. The Bertz CT molecular complexity index is 343. The summed E-state index contributed by atoms with van der Waals surface area (Å²) in [5.74, 6) is 0.340. The molecule has 0 bridgehead atoms.